The molecule has 0 radical (unpaired) electrons. The van der Waals surface area contributed by atoms with E-state index < -0.39 is 32.6 Å². The second kappa shape index (κ2) is 10.6. The van der Waals surface area contributed by atoms with Crippen molar-refractivity contribution < 1.29 is 26.4 Å². The Balaban J connectivity index is 1.68. The van der Waals surface area contributed by atoms with Crippen LogP contribution in [0, 0.1) is 6.92 Å². The zero-order chi connectivity index (χ0) is 25.1. The summed E-state index contributed by atoms with van der Waals surface area (Å²) >= 11 is 6.23. The van der Waals surface area contributed by atoms with Gasteiger partial charge in [0, 0.05) is 32.9 Å². The molecule has 0 spiro atoms. The highest BCUT2D eigenvalue weighted by Gasteiger charge is 2.26. The number of nitrogens with one attached hydrogen (secondary N) is 1. The Morgan fingerprint density at radius 1 is 1.03 bits per heavy atom. The highest BCUT2D eigenvalue weighted by molar-refractivity contribution is 7.89. The van der Waals surface area contributed by atoms with Gasteiger partial charge in [-0.05, 0) is 55.7 Å². The molecule has 9 nitrogen and oxygen atoms in total. The van der Waals surface area contributed by atoms with Gasteiger partial charge in [-0.25, -0.2) is 21.1 Å². The molecule has 34 heavy (non-hydrogen) atoms. The van der Waals surface area contributed by atoms with E-state index in [2.05, 4.69) is 5.32 Å². The number of rotatable bonds is 8. The van der Waals surface area contributed by atoms with E-state index in [1.165, 1.54) is 48.7 Å². The largest absolute Gasteiger partial charge is 0.482 e. The fourth-order valence-corrected chi connectivity index (χ4v) is 6.22. The van der Waals surface area contributed by atoms with E-state index in [0.717, 1.165) is 23.6 Å². The lowest BCUT2D eigenvalue weighted by Crippen LogP contribution is -2.35. The van der Waals surface area contributed by atoms with Crippen LogP contribution in [0.2, 0.25) is 5.02 Å². The average molecular weight is 530 g/mol. The number of halogens is 1. The van der Waals surface area contributed by atoms with Gasteiger partial charge in [0.1, 0.15) is 5.75 Å². The minimum absolute atomic E-state index is 0.0490. The zero-order valence-electron chi connectivity index (χ0n) is 19.2. The first-order valence-corrected chi connectivity index (χ1v) is 13.9. The normalized spacial score (nSPS) is 15.3. The molecular formula is C22H28ClN3O6S2. The molecule has 2 aromatic carbocycles. The Labute approximate surface area is 205 Å². The molecule has 12 heteroatoms. The van der Waals surface area contributed by atoms with Crippen molar-refractivity contribution in [1.82, 2.24) is 8.61 Å². The van der Waals surface area contributed by atoms with Gasteiger partial charge in [-0.3, -0.25) is 4.79 Å². The number of carbonyl (C=O) groups is 1. The predicted molar refractivity (Wildman–Crippen MR) is 130 cm³/mol. The van der Waals surface area contributed by atoms with Crippen molar-refractivity contribution in [3.05, 3.63) is 47.0 Å². The molecule has 1 heterocycles. The van der Waals surface area contributed by atoms with Crippen molar-refractivity contribution in [1.29, 1.82) is 0 Å². The maximum absolute atomic E-state index is 12.8. The van der Waals surface area contributed by atoms with Crippen molar-refractivity contribution in [3.8, 4) is 5.75 Å². The number of anilines is 1. The summed E-state index contributed by atoms with van der Waals surface area (Å²) in [6, 6.07) is 8.60. The molecular weight excluding hydrogens is 502 g/mol. The predicted octanol–water partition coefficient (Wildman–Crippen LogP) is 3.09. The van der Waals surface area contributed by atoms with Gasteiger partial charge in [-0.2, -0.15) is 4.31 Å². The molecule has 0 unspecified atom stereocenters. The molecule has 1 N–H and O–H groups in total. The lowest BCUT2D eigenvalue weighted by atomic mass is 10.2. The number of benzene rings is 2. The monoisotopic (exact) mass is 529 g/mol. The first-order chi connectivity index (χ1) is 15.9. The first kappa shape index (κ1) is 26.4. The molecule has 1 aliphatic heterocycles. The molecule has 0 atom stereocenters. The number of hydrogen-bond donors (Lipinski definition) is 1. The summed E-state index contributed by atoms with van der Waals surface area (Å²) in [7, 11) is -4.45. The van der Waals surface area contributed by atoms with Gasteiger partial charge >= 0.3 is 0 Å². The summed E-state index contributed by atoms with van der Waals surface area (Å²) in [5.74, 6) is -0.362. The molecule has 0 aromatic heterocycles. The lowest BCUT2D eigenvalue weighted by molar-refractivity contribution is -0.118. The Morgan fingerprint density at radius 2 is 1.68 bits per heavy atom. The van der Waals surface area contributed by atoms with Gasteiger partial charge in [0.05, 0.1) is 14.8 Å². The molecule has 1 saturated heterocycles. The topological polar surface area (TPSA) is 113 Å². The van der Waals surface area contributed by atoms with Crippen LogP contribution in [-0.2, 0) is 24.8 Å². The number of carbonyl (C=O) groups excluding carboxylic acids is 1. The first-order valence-electron chi connectivity index (χ1n) is 10.7. The Morgan fingerprint density at radius 3 is 2.29 bits per heavy atom. The molecule has 3 rings (SSSR count). The number of aryl methyl sites for hydroxylation is 1. The highest BCUT2D eigenvalue weighted by atomic mass is 35.5. The van der Waals surface area contributed by atoms with E-state index >= 15 is 0 Å². The second-order valence-corrected chi connectivity index (χ2v) is 12.7. The van der Waals surface area contributed by atoms with Crippen molar-refractivity contribution in [2.45, 2.75) is 36.0 Å². The summed E-state index contributed by atoms with van der Waals surface area (Å²) in [6.07, 6.45) is 2.66. The van der Waals surface area contributed by atoms with Crippen molar-refractivity contribution >= 4 is 43.2 Å². The molecule has 1 amide bonds. The van der Waals surface area contributed by atoms with E-state index in [0.29, 0.717) is 24.3 Å². The standard InChI is InChI=1S/C22H28ClN3O6S2/c1-16-7-8-18(33(28,29)25(2)3)14-20(16)24-22(27)15-32-21-10-9-17(13-19(21)23)34(30,31)26-11-5-4-6-12-26/h7-10,13-14H,4-6,11-12,15H2,1-3H3,(H,24,27). The molecule has 0 bridgehead atoms. The summed E-state index contributed by atoms with van der Waals surface area (Å²) < 4.78 is 58.3. The Kier molecular flexibility index (Phi) is 8.25. The van der Waals surface area contributed by atoms with Gasteiger partial charge in [0.25, 0.3) is 5.91 Å². The van der Waals surface area contributed by atoms with Crippen molar-refractivity contribution in [3.63, 3.8) is 0 Å². The maximum Gasteiger partial charge on any atom is 0.262 e. The number of hydrogen-bond acceptors (Lipinski definition) is 6. The fraction of sp³-hybridized carbons (Fsp3) is 0.409. The summed E-state index contributed by atoms with van der Waals surface area (Å²) in [6.45, 7) is 2.30. The fourth-order valence-electron chi connectivity index (χ4n) is 3.45. The molecule has 1 aliphatic rings. The van der Waals surface area contributed by atoms with E-state index in [1.54, 1.807) is 13.0 Å². The van der Waals surface area contributed by atoms with Crippen LogP contribution in [0.3, 0.4) is 0 Å². The molecule has 1 fully saturated rings. The summed E-state index contributed by atoms with van der Waals surface area (Å²) in [5, 5.41) is 2.71. The number of sulfonamides is 2. The lowest BCUT2D eigenvalue weighted by Gasteiger charge is -2.26. The van der Waals surface area contributed by atoms with Crippen molar-refractivity contribution in [2.24, 2.45) is 0 Å². The smallest absolute Gasteiger partial charge is 0.262 e. The van der Waals surface area contributed by atoms with Gasteiger partial charge in [-0.15, -0.1) is 0 Å². The highest BCUT2D eigenvalue weighted by Crippen LogP contribution is 2.30. The van der Waals surface area contributed by atoms with Crippen LogP contribution in [0.4, 0.5) is 5.69 Å². The molecule has 186 valence electrons. The van der Waals surface area contributed by atoms with Gasteiger partial charge < -0.3 is 10.1 Å². The van der Waals surface area contributed by atoms with Crippen LogP contribution in [0.1, 0.15) is 24.8 Å². The van der Waals surface area contributed by atoms with Crippen LogP contribution < -0.4 is 10.1 Å². The zero-order valence-corrected chi connectivity index (χ0v) is 21.6. The van der Waals surface area contributed by atoms with Crippen LogP contribution in [0.5, 0.6) is 5.75 Å². The maximum atomic E-state index is 12.8. The second-order valence-electron chi connectivity index (χ2n) is 8.16. The van der Waals surface area contributed by atoms with E-state index in [-0.39, 0.29) is 20.6 Å². The summed E-state index contributed by atoms with van der Waals surface area (Å²) in [5.41, 5.74) is 1.02. The van der Waals surface area contributed by atoms with E-state index in [9.17, 15) is 21.6 Å². The third kappa shape index (κ3) is 5.89. The minimum atomic E-state index is -3.66. The van der Waals surface area contributed by atoms with Crippen LogP contribution in [0.15, 0.2) is 46.2 Å². The quantitative estimate of drug-likeness (QED) is 0.562. The Bertz CT molecular complexity index is 1270. The van der Waals surface area contributed by atoms with E-state index in [1.807, 2.05) is 0 Å². The molecule has 0 aliphatic carbocycles. The minimum Gasteiger partial charge on any atom is -0.482 e. The number of piperidine rings is 1. The Hall–Kier alpha value is -2.18. The average Bonchev–Trinajstić information content (AvgIpc) is 2.80. The number of nitrogens with zero attached hydrogens (tertiary/aromatic N) is 2. The number of ether oxygens (including phenoxy) is 1. The van der Waals surface area contributed by atoms with Gasteiger partial charge in [-0.1, -0.05) is 24.1 Å². The third-order valence-electron chi connectivity index (χ3n) is 5.48. The SMILES string of the molecule is Cc1ccc(S(=O)(=O)N(C)C)cc1NC(=O)COc1ccc(S(=O)(=O)N2CCCCC2)cc1Cl. The van der Waals surface area contributed by atoms with Crippen LogP contribution in [-0.4, -0.2) is 65.1 Å². The molecule has 2 aromatic rings. The number of amides is 1. The summed E-state index contributed by atoms with van der Waals surface area (Å²) in [4.78, 5) is 12.6. The third-order valence-corrected chi connectivity index (χ3v) is 9.48. The van der Waals surface area contributed by atoms with Crippen LogP contribution in [0.25, 0.3) is 0 Å². The van der Waals surface area contributed by atoms with E-state index in [4.69, 9.17) is 16.3 Å². The van der Waals surface area contributed by atoms with Gasteiger partial charge in [0.2, 0.25) is 20.0 Å². The van der Waals surface area contributed by atoms with Gasteiger partial charge in [0.15, 0.2) is 6.61 Å². The molecule has 0 saturated carbocycles. The van der Waals surface area contributed by atoms with Crippen LogP contribution >= 0.6 is 11.6 Å². The van der Waals surface area contributed by atoms with Crippen molar-refractivity contribution in [2.75, 3.05) is 39.1 Å².